The molecule has 0 unspecified atom stereocenters. The average Bonchev–Trinajstić information content (AvgIpc) is 2.62. The molecule has 6 nitrogen and oxygen atoms in total. The molecule has 0 spiro atoms. The van der Waals surface area contributed by atoms with Crippen molar-refractivity contribution in [1.82, 2.24) is 9.78 Å². The van der Waals surface area contributed by atoms with Crippen LogP contribution in [0, 0.1) is 5.82 Å². The minimum atomic E-state index is -1.38. The summed E-state index contributed by atoms with van der Waals surface area (Å²) in [6.45, 7) is 0. The fourth-order valence-electron chi connectivity index (χ4n) is 2.33. The summed E-state index contributed by atoms with van der Waals surface area (Å²) in [5.74, 6) is -1.31. The molecule has 0 fully saturated rings. The second-order valence-electron chi connectivity index (χ2n) is 5.17. The van der Waals surface area contributed by atoms with Crippen LogP contribution in [-0.2, 0) is 0 Å². The van der Waals surface area contributed by atoms with Gasteiger partial charge in [0.05, 0.1) is 18.5 Å². The number of ether oxygens (including phenoxy) is 1. The van der Waals surface area contributed by atoms with Crippen molar-refractivity contribution in [2.75, 3.05) is 7.11 Å². The van der Waals surface area contributed by atoms with Crippen LogP contribution < -0.4 is 10.3 Å². The summed E-state index contributed by atoms with van der Waals surface area (Å²) in [7, 11) is 1.53. The first kappa shape index (κ1) is 16.4. The Labute approximate surface area is 141 Å². The minimum absolute atomic E-state index is 0.142. The maximum atomic E-state index is 13.5. The Bertz CT molecular complexity index is 997. The molecule has 0 radical (unpaired) electrons. The number of hydrogen-bond donors (Lipinski definition) is 1. The predicted molar refractivity (Wildman–Crippen MR) is 88.7 cm³/mol. The number of methoxy groups -OCH3 is 1. The zero-order valence-corrected chi connectivity index (χ0v) is 13.1. The second kappa shape index (κ2) is 6.56. The van der Waals surface area contributed by atoms with E-state index >= 15 is 0 Å². The molecule has 0 saturated carbocycles. The fraction of sp³-hybridized carbons (Fsp3) is 0.0556. The Morgan fingerprint density at radius 3 is 2.48 bits per heavy atom. The van der Waals surface area contributed by atoms with Crippen molar-refractivity contribution in [2.24, 2.45) is 0 Å². The van der Waals surface area contributed by atoms with Crippen molar-refractivity contribution < 1.29 is 19.0 Å². The minimum Gasteiger partial charge on any atom is -0.497 e. The van der Waals surface area contributed by atoms with Crippen molar-refractivity contribution in [2.45, 2.75) is 0 Å². The lowest BCUT2D eigenvalue weighted by atomic mass is 10.1. The number of hydrogen-bond acceptors (Lipinski definition) is 4. The van der Waals surface area contributed by atoms with E-state index in [1.165, 1.54) is 31.4 Å². The van der Waals surface area contributed by atoms with Crippen LogP contribution in [0.2, 0.25) is 0 Å². The topological polar surface area (TPSA) is 81.4 Å². The number of aromatic carboxylic acids is 1. The molecule has 0 aliphatic rings. The summed E-state index contributed by atoms with van der Waals surface area (Å²) in [4.78, 5) is 23.8. The van der Waals surface area contributed by atoms with Gasteiger partial charge >= 0.3 is 5.97 Å². The van der Waals surface area contributed by atoms with Crippen LogP contribution in [0.3, 0.4) is 0 Å². The Kier molecular flexibility index (Phi) is 4.30. The Morgan fingerprint density at radius 1 is 1.16 bits per heavy atom. The number of halogens is 1. The fourth-order valence-corrected chi connectivity index (χ4v) is 2.33. The summed E-state index contributed by atoms with van der Waals surface area (Å²) in [5, 5.41) is 13.5. The molecule has 3 rings (SSSR count). The molecule has 0 aliphatic carbocycles. The highest BCUT2D eigenvalue weighted by molar-refractivity contribution is 5.88. The van der Waals surface area contributed by atoms with Crippen LogP contribution in [-0.4, -0.2) is 28.0 Å². The van der Waals surface area contributed by atoms with Crippen molar-refractivity contribution in [1.29, 1.82) is 0 Å². The van der Waals surface area contributed by atoms with Gasteiger partial charge in [0.15, 0.2) is 0 Å². The van der Waals surface area contributed by atoms with Gasteiger partial charge in [0.25, 0.3) is 5.56 Å². The Hall–Kier alpha value is -3.48. The molecule has 0 aliphatic heterocycles. The molecule has 0 atom stereocenters. The largest absolute Gasteiger partial charge is 0.497 e. The van der Waals surface area contributed by atoms with E-state index in [0.29, 0.717) is 11.3 Å². The van der Waals surface area contributed by atoms with Crippen LogP contribution in [0.25, 0.3) is 16.9 Å². The smallest absolute Gasteiger partial charge is 0.341 e. The monoisotopic (exact) mass is 340 g/mol. The van der Waals surface area contributed by atoms with Gasteiger partial charge in [0.1, 0.15) is 17.1 Å². The van der Waals surface area contributed by atoms with Crippen molar-refractivity contribution in [3.8, 4) is 22.7 Å². The van der Waals surface area contributed by atoms with Crippen LogP contribution in [0.15, 0.2) is 59.4 Å². The maximum absolute atomic E-state index is 13.5. The summed E-state index contributed by atoms with van der Waals surface area (Å²) >= 11 is 0. The van der Waals surface area contributed by atoms with Gasteiger partial charge in [-0.3, -0.25) is 4.79 Å². The van der Waals surface area contributed by atoms with E-state index in [0.717, 1.165) is 10.7 Å². The molecule has 126 valence electrons. The van der Waals surface area contributed by atoms with Gasteiger partial charge < -0.3 is 9.84 Å². The van der Waals surface area contributed by atoms with Crippen molar-refractivity contribution in [3.63, 3.8) is 0 Å². The van der Waals surface area contributed by atoms with Gasteiger partial charge in [-0.15, -0.1) is 0 Å². The van der Waals surface area contributed by atoms with Crippen molar-refractivity contribution in [3.05, 3.63) is 76.3 Å². The molecule has 7 heteroatoms. The maximum Gasteiger partial charge on any atom is 0.341 e. The number of benzene rings is 2. The SMILES string of the molecule is COc1ccc(-c2cc(C(=O)O)c(=O)n(-c3cccc(F)c3)n2)cc1. The lowest BCUT2D eigenvalue weighted by Gasteiger charge is -2.10. The van der Waals surface area contributed by atoms with Gasteiger partial charge in [-0.2, -0.15) is 9.78 Å². The second-order valence-corrected chi connectivity index (χ2v) is 5.17. The third kappa shape index (κ3) is 3.25. The molecule has 25 heavy (non-hydrogen) atoms. The van der Waals surface area contributed by atoms with E-state index in [1.807, 2.05) is 0 Å². The van der Waals surface area contributed by atoms with E-state index in [-0.39, 0.29) is 11.4 Å². The van der Waals surface area contributed by atoms with E-state index in [4.69, 9.17) is 4.74 Å². The molecule has 1 heterocycles. The van der Waals surface area contributed by atoms with Crippen LogP contribution in [0.5, 0.6) is 5.75 Å². The number of carboxylic acid groups (broad SMARTS) is 1. The van der Waals surface area contributed by atoms with Crippen LogP contribution in [0.4, 0.5) is 4.39 Å². The summed E-state index contributed by atoms with van der Waals surface area (Å²) in [6.07, 6.45) is 0. The van der Waals surface area contributed by atoms with Crippen LogP contribution in [0.1, 0.15) is 10.4 Å². The zero-order valence-electron chi connectivity index (χ0n) is 13.1. The lowest BCUT2D eigenvalue weighted by Crippen LogP contribution is -2.27. The number of carboxylic acids is 1. The molecule has 0 saturated heterocycles. The predicted octanol–water partition coefficient (Wildman–Crippen LogP) is 2.75. The van der Waals surface area contributed by atoms with E-state index in [9.17, 15) is 19.1 Å². The first-order valence-electron chi connectivity index (χ1n) is 7.27. The highest BCUT2D eigenvalue weighted by atomic mass is 19.1. The van der Waals surface area contributed by atoms with Gasteiger partial charge in [0, 0.05) is 5.56 Å². The van der Waals surface area contributed by atoms with Gasteiger partial charge in [0.2, 0.25) is 0 Å². The van der Waals surface area contributed by atoms with E-state index < -0.39 is 22.9 Å². The third-order valence-corrected chi connectivity index (χ3v) is 3.58. The number of rotatable bonds is 4. The van der Waals surface area contributed by atoms with Gasteiger partial charge in [-0.25, -0.2) is 9.18 Å². The summed E-state index contributed by atoms with van der Waals surface area (Å²) in [6, 6.07) is 13.2. The highest BCUT2D eigenvalue weighted by Gasteiger charge is 2.16. The zero-order chi connectivity index (χ0) is 18.0. The Morgan fingerprint density at radius 2 is 1.88 bits per heavy atom. The quantitative estimate of drug-likeness (QED) is 0.790. The van der Waals surface area contributed by atoms with Crippen LogP contribution >= 0.6 is 0 Å². The molecule has 1 N–H and O–H groups in total. The summed E-state index contributed by atoms with van der Waals surface area (Å²) < 4.78 is 19.4. The van der Waals surface area contributed by atoms with Gasteiger partial charge in [-0.05, 0) is 48.5 Å². The highest BCUT2D eigenvalue weighted by Crippen LogP contribution is 2.21. The average molecular weight is 340 g/mol. The molecule has 2 aromatic carbocycles. The third-order valence-electron chi connectivity index (χ3n) is 3.58. The normalized spacial score (nSPS) is 10.5. The Balaban J connectivity index is 2.23. The molecule has 3 aromatic rings. The number of nitrogens with zero attached hydrogens (tertiary/aromatic N) is 2. The molecule has 1 aromatic heterocycles. The number of aromatic nitrogens is 2. The van der Waals surface area contributed by atoms with Gasteiger partial charge in [-0.1, -0.05) is 6.07 Å². The molecular formula is C18H13FN2O4. The molecule has 0 bridgehead atoms. The van der Waals surface area contributed by atoms with E-state index in [2.05, 4.69) is 5.10 Å². The standard InChI is InChI=1S/C18H13FN2O4/c1-25-14-7-5-11(6-8-14)16-10-15(18(23)24)17(22)21(20-16)13-4-2-3-12(19)9-13/h2-10H,1H3,(H,23,24). The first-order valence-corrected chi connectivity index (χ1v) is 7.27. The first-order chi connectivity index (χ1) is 12.0. The summed E-state index contributed by atoms with van der Waals surface area (Å²) in [5.41, 5.74) is -0.291. The lowest BCUT2D eigenvalue weighted by molar-refractivity contribution is 0.0694. The van der Waals surface area contributed by atoms with Crippen molar-refractivity contribution >= 4 is 5.97 Å². The van der Waals surface area contributed by atoms with E-state index in [1.54, 1.807) is 24.3 Å². The molecule has 0 amide bonds. The molecular weight excluding hydrogens is 327 g/mol. The number of carbonyl (C=O) groups is 1.